The lowest BCUT2D eigenvalue weighted by atomic mass is 10.4. The minimum atomic E-state index is -1.09. The van der Waals surface area contributed by atoms with E-state index in [0.717, 1.165) is 0 Å². The highest BCUT2D eigenvalue weighted by molar-refractivity contribution is 5.85. The summed E-state index contributed by atoms with van der Waals surface area (Å²) in [4.78, 5) is 10.5. The number of aromatic nitrogens is 5. The highest BCUT2D eigenvalue weighted by Crippen LogP contribution is 2.01. The summed E-state index contributed by atoms with van der Waals surface area (Å²) in [7, 11) is 0. The molecule has 8 nitrogen and oxygen atoms in total. The minimum absolute atomic E-state index is 0.0770. The molecule has 0 saturated carbocycles. The number of hydrogen-bond acceptors (Lipinski definition) is 6. The topological polar surface area (TPSA) is 106 Å². The highest BCUT2D eigenvalue weighted by atomic mass is 16.4. The summed E-state index contributed by atoms with van der Waals surface area (Å²) in [5.41, 5.74) is -0.0770. The van der Waals surface area contributed by atoms with Crippen molar-refractivity contribution in [3.8, 4) is 0 Å². The van der Waals surface area contributed by atoms with E-state index in [0.29, 0.717) is 18.9 Å². The molecule has 0 saturated heterocycles. The molecule has 2 aromatic heterocycles. The zero-order valence-corrected chi connectivity index (χ0v) is 8.82. The molecule has 0 spiro atoms. The fourth-order valence-electron chi connectivity index (χ4n) is 1.19. The van der Waals surface area contributed by atoms with Gasteiger partial charge in [-0.05, 0) is 12.1 Å². The van der Waals surface area contributed by atoms with Gasteiger partial charge in [-0.2, -0.15) is 0 Å². The van der Waals surface area contributed by atoms with Crippen LogP contribution in [0.15, 0.2) is 24.5 Å². The first-order valence-electron chi connectivity index (χ1n) is 4.91. The summed E-state index contributed by atoms with van der Waals surface area (Å²) in [6.07, 6.45) is 3.35. The Balaban J connectivity index is 1.85. The molecule has 0 bridgehead atoms. The van der Waals surface area contributed by atoms with E-state index in [1.54, 1.807) is 23.1 Å². The predicted molar refractivity (Wildman–Crippen MR) is 57.5 cm³/mol. The van der Waals surface area contributed by atoms with Crippen LogP contribution >= 0.6 is 0 Å². The molecule has 2 rings (SSSR count). The number of aromatic carboxylic acids is 1. The summed E-state index contributed by atoms with van der Waals surface area (Å²) in [6, 6.07) is 2.96. The van der Waals surface area contributed by atoms with E-state index in [1.165, 1.54) is 6.07 Å². The van der Waals surface area contributed by atoms with Crippen molar-refractivity contribution < 1.29 is 9.90 Å². The first-order chi connectivity index (χ1) is 8.25. The fourth-order valence-corrected chi connectivity index (χ4v) is 1.19. The van der Waals surface area contributed by atoms with Gasteiger partial charge in [0, 0.05) is 12.7 Å². The average Bonchev–Trinajstić information content (AvgIpc) is 2.83. The van der Waals surface area contributed by atoms with Crippen LogP contribution in [-0.2, 0) is 6.54 Å². The Labute approximate surface area is 96.3 Å². The number of carbonyl (C=O) groups is 1. The number of anilines is 1. The number of hydrogen-bond donors (Lipinski definition) is 2. The van der Waals surface area contributed by atoms with Crippen molar-refractivity contribution in [1.82, 2.24) is 25.2 Å². The Morgan fingerprint density at radius 3 is 2.88 bits per heavy atom. The molecule has 0 unspecified atom stereocenters. The van der Waals surface area contributed by atoms with Gasteiger partial charge in [-0.25, -0.2) is 4.79 Å². The standard InChI is InChI=1S/C9H10N6O2/c16-9(17)7-1-2-8(13-12-7)10-3-5-15-6-4-11-14-15/h1-2,4,6H,3,5H2,(H,10,13)(H,16,17). The average molecular weight is 234 g/mol. The van der Waals surface area contributed by atoms with Crippen LogP contribution in [-0.4, -0.2) is 42.8 Å². The number of rotatable bonds is 5. The maximum absolute atomic E-state index is 10.5. The number of nitrogens with zero attached hydrogens (tertiary/aromatic N) is 5. The fraction of sp³-hybridized carbons (Fsp3) is 0.222. The van der Waals surface area contributed by atoms with Crippen LogP contribution in [0, 0.1) is 0 Å². The van der Waals surface area contributed by atoms with Gasteiger partial charge in [0.1, 0.15) is 5.82 Å². The molecule has 8 heteroatoms. The molecule has 17 heavy (non-hydrogen) atoms. The normalized spacial score (nSPS) is 10.1. The Kier molecular flexibility index (Phi) is 3.24. The third-order valence-corrected chi connectivity index (χ3v) is 2.00. The van der Waals surface area contributed by atoms with E-state index in [2.05, 4.69) is 25.8 Å². The van der Waals surface area contributed by atoms with Gasteiger partial charge >= 0.3 is 5.97 Å². The van der Waals surface area contributed by atoms with Gasteiger partial charge in [-0.1, -0.05) is 5.21 Å². The molecular formula is C9H10N6O2. The smallest absolute Gasteiger partial charge is 0.356 e. The van der Waals surface area contributed by atoms with Gasteiger partial charge in [-0.15, -0.1) is 15.3 Å². The van der Waals surface area contributed by atoms with Gasteiger partial charge in [0.05, 0.1) is 12.7 Å². The molecule has 0 radical (unpaired) electrons. The van der Waals surface area contributed by atoms with E-state index in [4.69, 9.17) is 5.11 Å². The van der Waals surface area contributed by atoms with Crippen LogP contribution in [0.1, 0.15) is 10.5 Å². The minimum Gasteiger partial charge on any atom is -0.476 e. The molecular weight excluding hydrogens is 224 g/mol. The molecule has 0 atom stereocenters. The zero-order valence-electron chi connectivity index (χ0n) is 8.82. The van der Waals surface area contributed by atoms with Crippen molar-refractivity contribution in [2.45, 2.75) is 6.54 Å². The largest absolute Gasteiger partial charge is 0.476 e. The van der Waals surface area contributed by atoms with Crippen LogP contribution in [0.5, 0.6) is 0 Å². The van der Waals surface area contributed by atoms with Crippen molar-refractivity contribution in [2.24, 2.45) is 0 Å². The third kappa shape index (κ3) is 2.97. The maximum atomic E-state index is 10.5. The van der Waals surface area contributed by atoms with Crippen molar-refractivity contribution in [3.05, 3.63) is 30.2 Å². The van der Waals surface area contributed by atoms with Crippen molar-refractivity contribution in [3.63, 3.8) is 0 Å². The van der Waals surface area contributed by atoms with Crippen LogP contribution in [0.2, 0.25) is 0 Å². The maximum Gasteiger partial charge on any atom is 0.356 e. The van der Waals surface area contributed by atoms with Gasteiger partial charge in [-0.3, -0.25) is 4.68 Å². The Bertz CT molecular complexity index is 481. The van der Waals surface area contributed by atoms with Crippen LogP contribution < -0.4 is 5.32 Å². The molecule has 2 N–H and O–H groups in total. The predicted octanol–water partition coefficient (Wildman–Crippen LogP) is -0.122. The molecule has 0 fully saturated rings. The molecule has 2 aromatic rings. The first-order valence-corrected chi connectivity index (χ1v) is 4.91. The molecule has 0 aliphatic rings. The Morgan fingerprint density at radius 1 is 1.41 bits per heavy atom. The Hall–Kier alpha value is -2.51. The SMILES string of the molecule is O=C(O)c1ccc(NCCn2ccnn2)nn1. The van der Waals surface area contributed by atoms with Gasteiger partial charge in [0.2, 0.25) is 0 Å². The molecule has 0 aromatic carbocycles. The quantitative estimate of drug-likeness (QED) is 0.742. The lowest BCUT2D eigenvalue weighted by Crippen LogP contribution is -2.12. The first kappa shape index (κ1) is 11.0. The van der Waals surface area contributed by atoms with Crippen molar-refractivity contribution in [1.29, 1.82) is 0 Å². The van der Waals surface area contributed by atoms with E-state index in [-0.39, 0.29) is 5.69 Å². The van der Waals surface area contributed by atoms with Gasteiger partial charge in [0.15, 0.2) is 5.69 Å². The second-order valence-electron chi connectivity index (χ2n) is 3.20. The monoisotopic (exact) mass is 234 g/mol. The highest BCUT2D eigenvalue weighted by Gasteiger charge is 2.04. The third-order valence-electron chi connectivity index (χ3n) is 2.00. The van der Waals surface area contributed by atoms with Crippen LogP contribution in [0.3, 0.4) is 0 Å². The molecule has 0 aliphatic carbocycles. The van der Waals surface area contributed by atoms with Crippen LogP contribution in [0.25, 0.3) is 0 Å². The zero-order chi connectivity index (χ0) is 12.1. The van der Waals surface area contributed by atoms with Crippen molar-refractivity contribution in [2.75, 3.05) is 11.9 Å². The summed E-state index contributed by atoms with van der Waals surface area (Å²) in [6.45, 7) is 1.24. The second kappa shape index (κ2) is 5.01. The molecule has 2 heterocycles. The molecule has 88 valence electrons. The van der Waals surface area contributed by atoms with E-state index >= 15 is 0 Å². The summed E-state index contributed by atoms with van der Waals surface area (Å²) >= 11 is 0. The number of carboxylic acid groups (broad SMARTS) is 1. The van der Waals surface area contributed by atoms with E-state index in [9.17, 15) is 4.79 Å². The lowest BCUT2D eigenvalue weighted by molar-refractivity contribution is 0.0689. The van der Waals surface area contributed by atoms with E-state index in [1.807, 2.05) is 0 Å². The summed E-state index contributed by atoms with van der Waals surface area (Å²) in [5.74, 6) is -0.568. The van der Waals surface area contributed by atoms with Gasteiger partial charge in [0.25, 0.3) is 0 Å². The number of nitrogens with one attached hydrogen (secondary N) is 1. The molecule has 0 amide bonds. The summed E-state index contributed by atoms with van der Waals surface area (Å²) < 4.78 is 1.67. The Morgan fingerprint density at radius 2 is 2.29 bits per heavy atom. The summed E-state index contributed by atoms with van der Waals surface area (Å²) in [5, 5.41) is 26.4. The molecule has 0 aliphatic heterocycles. The van der Waals surface area contributed by atoms with Crippen LogP contribution in [0.4, 0.5) is 5.82 Å². The van der Waals surface area contributed by atoms with Gasteiger partial charge < -0.3 is 10.4 Å². The number of carboxylic acids is 1. The van der Waals surface area contributed by atoms with Crippen molar-refractivity contribution >= 4 is 11.8 Å². The van der Waals surface area contributed by atoms with E-state index < -0.39 is 5.97 Å². The second-order valence-corrected chi connectivity index (χ2v) is 3.20. The lowest BCUT2D eigenvalue weighted by Gasteiger charge is -2.04.